The largest absolute Gasteiger partial charge is 0.479 e. The van der Waals surface area contributed by atoms with E-state index in [0.717, 1.165) is 0 Å². The van der Waals surface area contributed by atoms with E-state index in [9.17, 15) is 14.7 Å². The van der Waals surface area contributed by atoms with Gasteiger partial charge in [-0.3, -0.25) is 4.79 Å². The minimum atomic E-state index is -1.64. The van der Waals surface area contributed by atoms with Crippen LogP contribution in [0.15, 0.2) is 18.2 Å². The molecular weight excluding hydrogens is 232 g/mol. The lowest BCUT2D eigenvalue weighted by molar-refractivity contribution is -0.146. The molecule has 0 aliphatic heterocycles. The number of benzene rings is 1. The maximum Gasteiger partial charge on any atom is 0.337 e. The lowest BCUT2D eigenvalue weighted by Crippen LogP contribution is -2.11. The van der Waals surface area contributed by atoms with Gasteiger partial charge in [0.2, 0.25) is 0 Å². The van der Waals surface area contributed by atoms with E-state index in [0.29, 0.717) is 0 Å². The van der Waals surface area contributed by atoms with E-state index in [-0.39, 0.29) is 28.4 Å². The Morgan fingerprint density at radius 2 is 2.06 bits per heavy atom. The predicted octanol–water partition coefficient (Wildman–Crippen LogP) is 2.05. The third-order valence-electron chi connectivity index (χ3n) is 2.16. The average Bonchev–Trinajstić information content (AvgIpc) is 2.27. The summed E-state index contributed by atoms with van der Waals surface area (Å²) in [5.74, 6) is -1.55. The van der Waals surface area contributed by atoms with Crippen LogP contribution in [-0.4, -0.2) is 22.0 Å². The van der Waals surface area contributed by atoms with Gasteiger partial charge in [0.25, 0.3) is 0 Å². The van der Waals surface area contributed by atoms with Gasteiger partial charge in [-0.25, -0.2) is 4.79 Å². The Morgan fingerprint density at radius 1 is 1.44 bits per heavy atom. The second kappa shape index (κ2) is 5.09. The molecular formula is C11H11ClO4. The minimum Gasteiger partial charge on any atom is -0.479 e. The first-order chi connectivity index (χ1) is 7.47. The summed E-state index contributed by atoms with van der Waals surface area (Å²) in [5, 5.41) is 18.2. The average molecular weight is 243 g/mol. The summed E-state index contributed by atoms with van der Waals surface area (Å²) in [4.78, 5) is 22.0. The van der Waals surface area contributed by atoms with Gasteiger partial charge in [-0.2, -0.15) is 0 Å². The lowest BCUT2D eigenvalue weighted by Gasteiger charge is -2.08. The Morgan fingerprint density at radius 3 is 2.56 bits per heavy atom. The van der Waals surface area contributed by atoms with Gasteiger partial charge in [0, 0.05) is 12.0 Å². The quantitative estimate of drug-likeness (QED) is 0.793. The van der Waals surface area contributed by atoms with Crippen molar-refractivity contribution < 1.29 is 19.8 Å². The molecule has 1 aromatic carbocycles. The van der Waals surface area contributed by atoms with Gasteiger partial charge < -0.3 is 10.2 Å². The zero-order valence-corrected chi connectivity index (χ0v) is 9.36. The van der Waals surface area contributed by atoms with E-state index < -0.39 is 12.1 Å². The topological polar surface area (TPSA) is 74.6 Å². The third-order valence-corrected chi connectivity index (χ3v) is 2.49. The van der Waals surface area contributed by atoms with Crippen LogP contribution in [0.25, 0.3) is 0 Å². The first-order valence-corrected chi connectivity index (χ1v) is 5.08. The highest BCUT2D eigenvalue weighted by Crippen LogP contribution is 2.23. The molecule has 86 valence electrons. The van der Waals surface area contributed by atoms with Gasteiger partial charge in [0.05, 0.1) is 5.02 Å². The van der Waals surface area contributed by atoms with Crippen molar-refractivity contribution >= 4 is 23.4 Å². The smallest absolute Gasteiger partial charge is 0.337 e. The summed E-state index contributed by atoms with van der Waals surface area (Å²) >= 11 is 5.80. The van der Waals surface area contributed by atoms with Crippen molar-refractivity contribution in [2.75, 3.05) is 0 Å². The Hall–Kier alpha value is -1.39. The molecule has 0 saturated heterocycles. The Bertz CT molecular complexity index is 428. The van der Waals surface area contributed by atoms with Crippen LogP contribution >= 0.6 is 11.6 Å². The monoisotopic (exact) mass is 242 g/mol. The Kier molecular flexibility index (Phi) is 4.04. The minimum absolute atomic E-state index is 0.147. The molecule has 0 radical (unpaired) electrons. The van der Waals surface area contributed by atoms with Crippen LogP contribution < -0.4 is 0 Å². The summed E-state index contributed by atoms with van der Waals surface area (Å²) in [6.07, 6.45) is -1.37. The van der Waals surface area contributed by atoms with Gasteiger partial charge >= 0.3 is 5.97 Å². The molecule has 1 atom stereocenters. The highest BCUT2D eigenvalue weighted by atomic mass is 35.5. The Labute approximate surface area is 97.5 Å². The number of Topliss-reactive ketones (excluding diaryl/α,β-unsaturated/α-hetero) is 1. The van der Waals surface area contributed by atoms with Crippen LogP contribution in [0.1, 0.15) is 35.4 Å². The molecule has 0 saturated carbocycles. The van der Waals surface area contributed by atoms with E-state index in [1.54, 1.807) is 6.92 Å². The zero-order chi connectivity index (χ0) is 12.3. The van der Waals surface area contributed by atoms with Crippen molar-refractivity contribution in [3.8, 4) is 0 Å². The van der Waals surface area contributed by atoms with Crippen LogP contribution in [0.5, 0.6) is 0 Å². The zero-order valence-electron chi connectivity index (χ0n) is 8.61. The molecule has 0 spiro atoms. The number of halogens is 1. The molecule has 0 aliphatic carbocycles. The van der Waals surface area contributed by atoms with Gasteiger partial charge in [0.1, 0.15) is 0 Å². The van der Waals surface area contributed by atoms with E-state index in [1.165, 1.54) is 18.2 Å². The SMILES string of the molecule is CCC(=O)c1cc(C(O)C(=O)O)ccc1Cl. The van der Waals surface area contributed by atoms with Crippen molar-refractivity contribution in [2.24, 2.45) is 0 Å². The molecule has 1 rings (SSSR count). The van der Waals surface area contributed by atoms with Gasteiger partial charge in [-0.1, -0.05) is 24.6 Å². The second-order valence-corrected chi connectivity index (χ2v) is 3.66. The molecule has 2 N–H and O–H groups in total. The number of carbonyl (C=O) groups is 2. The van der Waals surface area contributed by atoms with E-state index in [2.05, 4.69) is 0 Å². The summed E-state index contributed by atoms with van der Waals surface area (Å²) < 4.78 is 0. The van der Waals surface area contributed by atoms with E-state index in [1.807, 2.05) is 0 Å². The van der Waals surface area contributed by atoms with Gasteiger partial charge in [-0.15, -0.1) is 0 Å². The third kappa shape index (κ3) is 2.59. The number of hydrogen-bond acceptors (Lipinski definition) is 3. The van der Waals surface area contributed by atoms with Crippen molar-refractivity contribution in [1.82, 2.24) is 0 Å². The predicted molar refractivity (Wildman–Crippen MR) is 58.7 cm³/mol. The maximum atomic E-state index is 11.5. The van der Waals surface area contributed by atoms with E-state index in [4.69, 9.17) is 16.7 Å². The molecule has 16 heavy (non-hydrogen) atoms. The molecule has 4 nitrogen and oxygen atoms in total. The molecule has 0 fully saturated rings. The molecule has 0 aliphatic rings. The Balaban J connectivity index is 3.17. The first kappa shape index (κ1) is 12.7. The number of carboxylic acid groups (broad SMARTS) is 1. The maximum absolute atomic E-state index is 11.5. The van der Waals surface area contributed by atoms with Crippen LogP contribution in [0, 0.1) is 0 Å². The lowest BCUT2D eigenvalue weighted by atomic mass is 10.0. The number of aliphatic hydroxyl groups is 1. The van der Waals surface area contributed by atoms with Crippen LogP contribution in [0.4, 0.5) is 0 Å². The molecule has 0 aromatic heterocycles. The number of rotatable bonds is 4. The number of carboxylic acids is 1. The fourth-order valence-electron chi connectivity index (χ4n) is 1.26. The molecule has 1 unspecified atom stereocenters. The highest BCUT2D eigenvalue weighted by Gasteiger charge is 2.18. The summed E-state index contributed by atoms with van der Waals surface area (Å²) in [5.41, 5.74) is 0.385. The van der Waals surface area contributed by atoms with Crippen LogP contribution in [0.3, 0.4) is 0 Å². The number of ketones is 1. The number of carbonyl (C=O) groups excluding carboxylic acids is 1. The molecule has 0 amide bonds. The van der Waals surface area contributed by atoms with Gasteiger partial charge in [-0.05, 0) is 17.7 Å². The normalized spacial score (nSPS) is 12.2. The summed E-state index contributed by atoms with van der Waals surface area (Å²) in [6.45, 7) is 1.68. The van der Waals surface area contributed by atoms with Crippen LogP contribution in [0.2, 0.25) is 5.02 Å². The van der Waals surface area contributed by atoms with Crippen LogP contribution in [-0.2, 0) is 4.79 Å². The summed E-state index contributed by atoms with van der Waals surface area (Å²) in [7, 11) is 0. The second-order valence-electron chi connectivity index (χ2n) is 3.26. The number of aliphatic hydroxyl groups excluding tert-OH is 1. The van der Waals surface area contributed by atoms with Crippen molar-refractivity contribution in [3.63, 3.8) is 0 Å². The standard InChI is InChI=1S/C11H11ClO4/c1-2-9(13)7-5-6(3-4-8(7)12)10(14)11(15)16/h3-5,10,14H,2H2,1H3,(H,15,16). The number of hydrogen-bond donors (Lipinski definition) is 2. The molecule has 0 bridgehead atoms. The first-order valence-electron chi connectivity index (χ1n) is 4.71. The number of aliphatic carboxylic acids is 1. The van der Waals surface area contributed by atoms with Crippen molar-refractivity contribution in [3.05, 3.63) is 34.3 Å². The molecule has 1 aromatic rings. The molecule has 5 heteroatoms. The van der Waals surface area contributed by atoms with Gasteiger partial charge in [0.15, 0.2) is 11.9 Å². The molecule has 0 heterocycles. The van der Waals surface area contributed by atoms with Crippen molar-refractivity contribution in [1.29, 1.82) is 0 Å². The van der Waals surface area contributed by atoms with E-state index >= 15 is 0 Å². The fraction of sp³-hybridized carbons (Fsp3) is 0.273. The highest BCUT2D eigenvalue weighted by molar-refractivity contribution is 6.34. The summed E-state index contributed by atoms with van der Waals surface area (Å²) in [6, 6.07) is 4.10. The van der Waals surface area contributed by atoms with Crippen molar-refractivity contribution in [2.45, 2.75) is 19.4 Å². The fourth-order valence-corrected chi connectivity index (χ4v) is 1.48.